The quantitative estimate of drug-likeness (QED) is 0.853. The summed E-state index contributed by atoms with van der Waals surface area (Å²) in [6, 6.07) is 8.64. The standard InChI is InChI=1S/C14H17N3O3S/c1-10-8-13(20-16-10)9-15-11-4-6-14(7-5-11)21(18,19)17-12-2-3-12/h4-8,12,15,17H,2-3,9H2,1H3. The largest absolute Gasteiger partial charge is 0.378 e. The van der Waals surface area contributed by atoms with E-state index >= 15 is 0 Å². The van der Waals surface area contributed by atoms with Crippen LogP contribution in [0.4, 0.5) is 5.69 Å². The van der Waals surface area contributed by atoms with Gasteiger partial charge in [0.1, 0.15) is 0 Å². The molecule has 112 valence electrons. The summed E-state index contributed by atoms with van der Waals surface area (Å²) in [5.41, 5.74) is 1.66. The number of nitrogens with zero attached hydrogens (tertiary/aromatic N) is 1. The summed E-state index contributed by atoms with van der Waals surface area (Å²) < 4.78 is 31.8. The molecule has 2 N–H and O–H groups in total. The van der Waals surface area contributed by atoms with Crippen LogP contribution in [0.1, 0.15) is 24.3 Å². The first-order valence-electron chi connectivity index (χ1n) is 6.81. The van der Waals surface area contributed by atoms with Gasteiger partial charge in [0, 0.05) is 17.8 Å². The lowest BCUT2D eigenvalue weighted by molar-refractivity contribution is 0.384. The SMILES string of the molecule is Cc1cc(CNc2ccc(S(=O)(=O)NC3CC3)cc2)on1. The van der Waals surface area contributed by atoms with E-state index in [0.29, 0.717) is 6.54 Å². The van der Waals surface area contributed by atoms with Gasteiger partial charge >= 0.3 is 0 Å². The fourth-order valence-electron chi connectivity index (χ4n) is 1.93. The molecule has 7 heteroatoms. The van der Waals surface area contributed by atoms with Crippen LogP contribution < -0.4 is 10.0 Å². The van der Waals surface area contributed by atoms with E-state index in [-0.39, 0.29) is 10.9 Å². The molecular weight excluding hydrogens is 290 g/mol. The topological polar surface area (TPSA) is 84.2 Å². The lowest BCUT2D eigenvalue weighted by Gasteiger charge is -2.07. The Kier molecular flexibility index (Phi) is 3.69. The molecule has 21 heavy (non-hydrogen) atoms. The minimum atomic E-state index is -3.38. The summed E-state index contributed by atoms with van der Waals surface area (Å²) in [6.07, 6.45) is 1.85. The second-order valence-electron chi connectivity index (χ2n) is 5.21. The molecule has 2 aromatic rings. The van der Waals surface area contributed by atoms with E-state index in [1.54, 1.807) is 24.3 Å². The first kappa shape index (κ1) is 14.1. The summed E-state index contributed by atoms with van der Waals surface area (Å²) in [7, 11) is -3.38. The monoisotopic (exact) mass is 307 g/mol. The highest BCUT2D eigenvalue weighted by molar-refractivity contribution is 7.89. The van der Waals surface area contributed by atoms with Crippen LogP contribution in [0.5, 0.6) is 0 Å². The molecule has 0 radical (unpaired) electrons. The highest BCUT2D eigenvalue weighted by Crippen LogP contribution is 2.22. The molecule has 1 aromatic carbocycles. The molecule has 0 saturated heterocycles. The average molecular weight is 307 g/mol. The first-order chi connectivity index (χ1) is 10.0. The molecule has 0 spiro atoms. The Hall–Kier alpha value is -1.86. The molecule has 1 aliphatic rings. The number of anilines is 1. The predicted octanol–water partition coefficient (Wildman–Crippen LogP) is 2.04. The highest BCUT2D eigenvalue weighted by Gasteiger charge is 2.27. The number of benzene rings is 1. The summed E-state index contributed by atoms with van der Waals surface area (Å²) in [6.45, 7) is 2.37. The van der Waals surface area contributed by atoms with Crippen molar-refractivity contribution < 1.29 is 12.9 Å². The fraction of sp³-hybridized carbons (Fsp3) is 0.357. The van der Waals surface area contributed by atoms with Crippen molar-refractivity contribution in [1.29, 1.82) is 0 Å². The molecule has 1 aliphatic carbocycles. The maximum absolute atomic E-state index is 12.0. The summed E-state index contributed by atoms with van der Waals surface area (Å²) >= 11 is 0. The molecule has 0 amide bonds. The number of aryl methyl sites for hydroxylation is 1. The van der Waals surface area contributed by atoms with Crippen LogP contribution in [-0.2, 0) is 16.6 Å². The maximum Gasteiger partial charge on any atom is 0.240 e. The van der Waals surface area contributed by atoms with Crippen LogP contribution in [0.3, 0.4) is 0 Å². The number of hydrogen-bond donors (Lipinski definition) is 2. The van der Waals surface area contributed by atoms with Gasteiger partial charge in [-0.25, -0.2) is 13.1 Å². The van der Waals surface area contributed by atoms with Gasteiger partial charge in [-0.3, -0.25) is 0 Å². The van der Waals surface area contributed by atoms with Crippen molar-refractivity contribution in [3.05, 3.63) is 41.8 Å². The van der Waals surface area contributed by atoms with Gasteiger partial charge < -0.3 is 9.84 Å². The molecule has 6 nitrogen and oxygen atoms in total. The van der Waals surface area contributed by atoms with Crippen LogP contribution >= 0.6 is 0 Å². The van der Waals surface area contributed by atoms with E-state index in [2.05, 4.69) is 15.2 Å². The van der Waals surface area contributed by atoms with Gasteiger partial charge in [0.05, 0.1) is 17.1 Å². The number of rotatable bonds is 6. The third-order valence-corrected chi connectivity index (χ3v) is 4.74. The zero-order valence-electron chi connectivity index (χ0n) is 11.7. The normalized spacial score (nSPS) is 15.1. The first-order valence-corrected chi connectivity index (χ1v) is 8.30. The van der Waals surface area contributed by atoms with Crippen molar-refractivity contribution in [2.45, 2.75) is 37.2 Å². The molecule has 3 rings (SSSR count). The minimum Gasteiger partial charge on any atom is -0.378 e. The van der Waals surface area contributed by atoms with Crippen LogP contribution in [0.25, 0.3) is 0 Å². The summed E-state index contributed by atoms with van der Waals surface area (Å²) in [4.78, 5) is 0.287. The van der Waals surface area contributed by atoms with Crippen molar-refractivity contribution >= 4 is 15.7 Å². The Labute approximate surface area is 123 Å². The van der Waals surface area contributed by atoms with Crippen LogP contribution in [0, 0.1) is 6.92 Å². The van der Waals surface area contributed by atoms with Gasteiger partial charge in [0.25, 0.3) is 0 Å². The Bertz CT molecular complexity index is 718. The van der Waals surface area contributed by atoms with Gasteiger partial charge in [0.2, 0.25) is 10.0 Å². The van der Waals surface area contributed by atoms with Gasteiger partial charge in [0.15, 0.2) is 5.76 Å². The van der Waals surface area contributed by atoms with Gasteiger partial charge in [-0.1, -0.05) is 5.16 Å². The molecular formula is C14H17N3O3S. The van der Waals surface area contributed by atoms with E-state index < -0.39 is 10.0 Å². The van der Waals surface area contributed by atoms with Crippen molar-refractivity contribution in [1.82, 2.24) is 9.88 Å². The van der Waals surface area contributed by atoms with Crippen molar-refractivity contribution in [2.75, 3.05) is 5.32 Å². The molecule has 1 saturated carbocycles. The molecule has 0 bridgehead atoms. The maximum atomic E-state index is 12.0. The fourth-order valence-corrected chi connectivity index (χ4v) is 3.23. The van der Waals surface area contributed by atoms with Crippen LogP contribution in [0.15, 0.2) is 39.8 Å². The molecule has 0 atom stereocenters. The van der Waals surface area contributed by atoms with E-state index in [0.717, 1.165) is 30.0 Å². The number of nitrogens with one attached hydrogen (secondary N) is 2. The van der Waals surface area contributed by atoms with E-state index in [1.165, 1.54) is 0 Å². The van der Waals surface area contributed by atoms with Crippen LogP contribution in [-0.4, -0.2) is 19.6 Å². The third-order valence-electron chi connectivity index (χ3n) is 3.21. The lowest BCUT2D eigenvalue weighted by Crippen LogP contribution is -2.25. The molecule has 0 unspecified atom stereocenters. The van der Waals surface area contributed by atoms with Gasteiger partial charge in [-0.05, 0) is 44.0 Å². The molecule has 0 aliphatic heterocycles. The smallest absolute Gasteiger partial charge is 0.240 e. The molecule has 1 aromatic heterocycles. The number of sulfonamides is 1. The van der Waals surface area contributed by atoms with E-state index in [4.69, 9.17) is 4.52 Å². The van der Waals surface area contributed by atoms with E-state index in [9.17, 15) is 8.42 Å². The Morgan fingerprint density at radius 1 is 1.29 bits per heavy atom. The van der Waals surface area contributed by atoms with Crippen molar-refractivity contribution in [3.8, 4) is 0 Å². The van der Waals surface area contributed by atoms with Gasteiger partial charge in [-0.15, -0.1) is 0 Å². The molecule has 1 fully saturated rings. The lowest BCUT2D eigenvalue weighted by atomic mass is 10.3. The predicted molar refractivity (Wildman–Crippen MR) is 78.4 cm³/mol. The van der Waals surface area contributed by atoms with Crippen molar-refractivity contribution in [3.63, 3.8) is 0 Å². The Morgan fingerprint density at radius 2 is 2.00 bits per heavy atom. The summed E-state index contributed by atoms with van der Waals surface area (Å²) in [5.74, 6) is 0.736. The highest BCUT2D eigenvalue weighted by atomic mass is 32.2. The second kappa shape index (κ2) is 5.50. The van der Waals surface area contributed by atoms with Crippen molar-refractivity contribution in [2.24, 2.45) is 0 Å². The van der Waals surface area contributed by atoms with E-state index in [1.807, 2.05) is 13.0 Å². The third kappa shape index (κ3) is 3.62. The number of hydrogen-bond acceptors (Lipinski definition) is 5. The summed E-state index contributed by atoms with van der Waals surface area (Å²) in [5, 5.41) is 6.96. The van der Waals surface area contributed by atoms with Gasteiger partial charge in [-0.2, -0.15) is 0 Å². The average Bonchev–Trinajstić information content (AvgIpc) is 3.16. The zero-order chi connectivity index (χ0) is 14.9. The zero-order valence-corrected chi connectivity index (χ0v) is 12.5. The Morgan fingerprint density at radius 3 is 2.57 bits per heavy atom. The van der Waals surface area contributed by atoms with Crippen LogP contribution in [0.2, 0.25) is 0 Å². The Balaban J connectivity index is 1.63. The minimum absolute atomic E-state index is 0.113. The second-order valence-corrected chi connectivity index (χ2v) is 6.92. The number of aromatic nitrogens is 1. The molecule has 1 heterocycles.